The van der Waals surface area contributed by atoms with Crippen molar-refractivity contribution in [3.05, 3.63) is 34.5 Å². The number of hydrogen-bond acceptors (Lipinski definition) is 2. The van der Waals surface area contributed by atoms with E-state index in [1.54, 1.807) is 23.5 Å². The zero-order valence-electron chi connectivity index (χ0n) is 11.4. The zero-order chi connectivity index (χ0) is 13.3. The first-order chi connectivity index (χ1) is 8.50. The van der Waals surface area contributed by atoms with Crippen molar-refractivity contribution in [3.63, 3.8) is 0 Å². The molecule has 0 spiro atoms. The van der Waals surface area contributed by atoms with Crippen molar-refractivity contribution in [2.24, 2.45) is 0 Å². The molecule has 0 fully saturated rings. The van der Waals surface area contributed by atoms with Crippen LogP contribution in [0.1, 0.15) is 44.1 Å². The number of fused-ring (bicyclic) bond motifs is 1. The van der Waals surface area contributed by atoms with Crippen LogP contribution < -0.4 is 5.32 Å². The fourth-order valence-electron chi connectivity index (χ4n) is 2.21. The standard InChI is InChI=1S/C15H20FNS/c1-9(2)14-11-6-5-7-12(16)15(11)18-13(14)8-17-10(3)4/h5-7,9-10,17H,8H2,1-4H3. The Morgan fingerprint density at radius 2 is 1.94 bits per heavy atom. The van der Waals surface area contributed by atoms with E-state index in [-0.39, 0.29) is 5.82 Å². The van der Waals surface area contributed by atoms with Crippen LogP contribution in [0, 0.1) is 5.82 Å². The molecule has 1 heterocycles. The molecular weight excluding hydrogens is 245 g/mol. The van der Waals surface area contributed by atoms with Crippen LogP contribution in [0.25, 0.3) is 10.1 Å². The highest BCUT2D eigenvalue weighted by Crippen LogP contribution is 2.37. The Kier molecular flexibility index (Phi) is 4.03. The number of hydrogen-bond donors (Lipinski definition) is 1. The second-order valence-electron chi connectivity index (χ2n) is 5.25. The minimum Gasteiger partial charge on any atom is -0.310 e. The van der Waals surface area contributed by atoms with Crippen LogP contribution in [0.2, 0.25) is 0 Å². The van der Waals surface area contributed by atoms with Gasteiger partial charge < -0.3 is 5.32 Å². The number of rotatable bonds is 4. The maximum Gasteiger partial charge on any atom is 0.141 e. The first kappa shape index (κ1) is 13.5. The van der Waals surface area contributed by atoms with Crippen molar-refractivity contribution < 1.29 is 4.39 Å². The van der Waals surface area contributed by atoms with Crippen molar-refractivity contribution in [1.29, 1.82) is 0 Å². The van der Waals surface area contributed by atoms with E-state index in [9.17, 15) is 4.39 Å². The summed E-state index contributed by atoms with van der Waals surface area (Å²) in [5.74, 6) is 0.319. The molecule has 2 rings (SSSR count). The van der Waals surface area contributed by atoms with Crippen LogP contribution >= 0.6 is 11.3 Å². The molecule has 1 N–H and O–H groups in total. The van der Waals surface area contributed by atoms with Gasteiger partial charge in [0.1, 0.15) is 5.82 Å². The lowest BCUT2D eigenvalue weighted by molar-refractivity contribution is 0.590. The highest BCUT2D eigenvalue weighted by molar-refractivity contribution is 7.19. The summed E-state index contributed by atoms with van der Waals surface area (Å²) < 4.78 is 14.6. The average molecular weight is 265 g/mol. The molecule has 0 aliphatic carbocycles. The van der Waals surface area contributed by atoms with Crippen LogP contribution in [-0.4, -0.2) is 6.04 Å². The molecule has 3 heteroatoms. The minimum absolute atomic E-state index is 0.102. The van der Waals surface area contributed by atoms with Crippen molar-refractivity contribution in [2.45, 2.75) is 46.2 Å². The molecule has 0 aliphatic heterocycles. The molecule has 0 bridgehead atoms. The third kappa shape index (κ3) is 2.57. The van der Waals surface area contributed by atoms with E-state index in [1.807, 2.05) is 6.07 Å². The molecule has 98 valence electrons. The second kappa shape index (κ2) is 5.37. The van der Waals surface area contributed by atoms with E-state index < -0.39 is 0 Å². The second-order valence-corrected chi connectivity index (χ2v) is 6.35. The largest absolute Gasteiger partial charge is 0.310 e. The van der Waals surface area contributed by atoms with Crippen molar-refractivity contribution >= 4 is 21.4 Å². The summed E-state index contributed by atoms with van der Waals surface area (Å²) in [6, 6.07) is 5.82. The van der Waals surface area contributed by atoms with Gasteiger partial charge in [-0.05, 0) is 22.9 Å². The summed E-state index contributed by atoms with van der Waals surface area (Å²) in [5, 5.41) is 4.50. The summed E-state index contributed by atoms with van der Waals surface area (Å²) in [6.45, 7) is 9.42. The molecule has 0 atom stereocenters. The number of benzene rings is 1. The molecule has 1 nitrogen and oxygen atoms in total. The SMILES string of the molecule is CC(C)NCc1sc2c(F)cccc2c1C(C)C. The summed E-state index contributed by atoms with van der Waals surface area (Å²) in [4.78, 5) is 1.26. The van der Waals surface area contributed by atoms with Crippen LogP contribution in [-0.2, 0) is 6.54 Å². The predicted octanol–water partition coefficient (Wildman–Crippen LogP) is 4.66. The number of thiophene rings is 1. The van der Waals surface area contributed by atoms with Crippen LogP contribution in [0.4, 0.5) is 4.39 Å². The Labute approximate surface area is 112 Å². The minimum atomic E-state index is -0.102. The molecule has 0 amide bonds. The van der Waals surface area contributed by atoms with Crippen LogP contribution in [0.15, 0.2) is 18.2 Å². The van der Waals surface area contributed by atoms with E-state index in [1.165, 1.54) is 10.4 Å². The molecule has 1 aromatic heterocycles. The Morgan fingerprint density at radius 3 is 2.56 bits per heavy atom. The van der Waals surface area contributed by atoms with E-state index in [2.05, 4.69) is 33.0 Å². The quantitative estimate of drug-likeness (QED) is 0.847. The number of halogens is 1. The Hall–Kier alpha value is -0.930. The van der Waals surface area contributed by atoms with E-state index >= 15 is 0 Å². The van der Waals surface area contributed by atoms with Gasteiger partial charge >= 0.3 is 0 Å². The smallest absolute Gasteiger partial charge is 0.141 e. The third-order valence-corrected chi connectivity index (χ3v) is 4.26. The molecule has 18 heavy (non-hydrogen) atoms. The molecule has 2 aromatic rings. The summed E-state index contributed by atoms with van der Waals surface area (Å²) in [5.41, 5.74) is 1.29. The zero-order valence-corrected chi connectivity index (χ0v) is 12.2. The van der Waals surface area contributed by atoms with Crippen LogP contribution in [0.3, 0.4) is 0 Å². The van der Waals surface area contributed by atoms with Gasteiger partial charge in [0.05, 0.1) is 4.70 Å². The van der Waals surface area contributed by atoms with Gasteiger partial charge in [0.2, 0.25) is 0 Å². The molecular formula is C15H20FNS. The fourth-order valence-corrected chi connectivity index (χ4v) is 3.53. The maximum absolute atomic E-state index is 13.8. The average Bonchev–Trinajstić information content (AvgIpc) is 2.66. The van der Waals surface area contributed by atoms with Crippen LogP contribution in [0.5, 0.6) is 0 Å². The van der Waals surface area contributed by atoms with Gasteiger partial charge in [-0.2, -0.15) is 0 Å². The highest BCUT2D eigenvalue weighted by Gasteiger charge is 2.16. The van der Waals surface area contributed by atoms with Gasteiger partial charge in [-0.15, -0.1) is 11.3 Å². The lowest BCUT2D eigenvalue weighted by Gasteiger charge is -2.11. The lowest BCUT2D eigenvalue weighted by Crippen LogP contribution is -2.21. The number of nitrogens with one attached hydrogen (secondary N) is 1. The summed E-state index contributed by atoms with van der Waals surface area (Å²) >= 11 is 1.58. The van der Waals surface area contributed by atoms with Gasteiger partial charge in [-0.25, -0.2) is 4.39 Å². The van der Waals surface area contributed by atoms with E-state index in [0.717, 1.165) is 16.6 Å². The van der Waals surface area contributed by atoms with Gasteiger partial charge in [-0.1, -0.05) is 39.8 Å². The molecule has 0 radical (unpaired) electrons. The van der Waals surface area contributed by atoms with Gasteiger partial charge in [-0.3, -0.25) is 0 Å². The third-order valence-electron chi connectivity index (χ3n) is 3.03. The van der Waals surface area contributed by atoms with Gasteiger partial charge in [0, 0.05) is 17.5 Å². The highest BCUT2D eigenvalue weighted by atomic mass is 32.1. The van der Waals surface area contributed by atoms with Crippen molar-refractivity contribution in [1.82, 2.24) is 5.32 Å². The monoisotopic (exact) mass is 265 g/mol. The van der Waals surface area contributed by atoms with Crippen molar-refractivity contribution in [2.75, 3.05) is 0 Å². The Morgan fingerprint density at radius 1 is 1.22 bits per heavy atom. The summed E-state index contributed by atoms with van der Waals surface area (Å²) in [7, 11) is 0. The predicted molar refractivity (Wildman–Crippen MR) is 77.8 cm³/mol. The Bertz CT molecular complexity index is 543. The molecule has 0 saturated carbocycles. The maximum atomic E-state index is 13.8. The van der Waals surface area contributed by atoms with Crippen molar-refractivity contribution in [3.8, 4) is 0 Å². The van der Waals surface area contributed by atoms with Gasteiger partial charge in [0.25, 0.3) is 0 Å². The lowest BCUT2D eigenvalue weighted by atomic mass is 9.99. The van der Waals surface area contributed by atoms with E-state index in [4.69, 9.17) is 0 Å². The molecule has 0 aliphatic rings. The Balaban J connectivity index is 2.51. The normalized spacial score (nSPS) is 11.9. The fraction of sp³-hybridized carbons (Fsp3) is 0.467. The molecule has 0 unspecified atom stereocenters. The first-order valence-electron chi connectivity index (χ1n) is 6.44. The summed E-state index contributed by atoms with van der Waals surface area (Å²) in [6.07, 6.45) is 0. The molecule has 1 aromatic carbocycles. The van der Waals surface area contributed by atoms with Gasteiger partial charge in [0.15, 0.2) is 0 Å². The first-order valence-corrected chi connectivity index (χ1v) is 7.25. The topological polar surface area (TPSA) is 12.0 Å². The van der Waals surface area contributed by atoms with E-state index in [0.29, 0.717) is 12.0 Å². The molecule has 0 saturated heterocycles.